The largest absolute Gasteiger partial charge is 0.392 e. The van der Waals surface area contributed by atoms with Gasteiger partial charge in [-0.15, -0.1) is 0 Å². The third kappa shape index (κ3) is 4.41. The van der Waals surface area contributed by atoms with Crippen LogP contribution in [0, 0.1) is 0 Å². The number of β-amino-alcohol motifs (C(OH)–C–C–N with tert-alkyl or cyclic N) is 1. The molecule has 0 aliphatic carbocycles. The van der Waals surface area contributed by atoms with Crippen LogP contribution in [0.25, 0.3) is 11.0 Å². The van der Waals surface area contributed by atoms with Crippen molar-refractivity contribution < 1.29 is 9.90 Å². The number of hydrogen-bond acceptors (Lipinski definition) is 5. The SMILES string of the molecule is O=C(Nc1nc2cccc(CN3CCC(O)C3)c2n1C1CCCCNC1)c1ccccc1. The van der Waals surface area contributed by atoms with E-state index in [2.05, 4.69) is 26.2 Å². The van der Waals surface area contributed by atoms with E-state index in [1.807, 2.05) is 42.5 Å². The monoisotopic (exact) mass is 433 g/mol. The maximum atomic E-state index is 13.0. The number of nitrogens with one attached hydrogen (secondary N) is 2. The number of para-hydroxylation sites is 1. The van der Waals surface area contributed by atoms with Crippen molar-refractivity contribution in [3.63, 3.8) is 0 Å². The summed E-state index contributed by atoms with van der Waals surface area (Å²) in [6.07, 6.45) is 3.92. The zero-order valence-corrected chi connectivity index (χ0v) is 18.3. The fraction of sp³-hybridized carbons (Fsp3) is 0.440. The molecule has 2 fully saturated rings. The molecule has 2 saturated heterocycles. The lowest BCUT2D eigenvalue weighted by Crippen LogP contribution is -2.26. The fourth-order valence-corrected chi connectivity index (χ4v) is 4.97. The Kier molecular flexibility index (Phi) is 6.21. The number of fused-ring (bicyclic) bond motifs is 1. The minimum atomic E-state index is -0.245. The second-order valence-corrected chi connectivity index (χ2v) is 8.94. The topological polar surface area (TPSA) is 82.4 Å². The van der Waals surface area contributed by atoms with Gasteiger partial charge in [-0.05, 0) is 49.6 Å². The van der Waals surface area contributed by atoms with Crippen LogP contribution >= 0.6 is 0 Å². The highest BCUT2D eigenvalue weighted by atomic mass is 16.3. The highest BCUT2D eigenvalue weighted by Crippen LogP contribution is 2.32. The van der Waals surface area contributed by atoms with Gasteiger partial charge in [0.25, 0.3) is 5.91 Å². The van der Waals surface area contributed by atoms with Crippen LogP contribution in [-0.2, 0) is 6.54 Å². The molecule has 1 amide bonds. The second-order valence-electron chi connectivity index (χ2n) is 8.94. The van der Waals surface area contributed by atoms with Crippen molar-refractivity contribution in [2.45, 2.75) is 44.4 Å². The molecule has 2 aromatic carbocycles. The number of nitrogens with zero attached hydrogens (tertiary/aromatic N) is 3. The molecule has 1 aromatic heterocycles. The predicted octanol–water partition coefficient (Wildman–Crippen LogP) is 3.17. The molecule has 0 radical (unpaired) electrons. The number of imidazole rings is 1. The first-order chi connectivity index (χ1) is 15.7. The molecule has 0 saturated carbocycles. The molecule has 7 nitrogen and oxygen atoms in total. The average molecular weight is 434 g/mol. The van der Waals surface area contributed by atoms with Gasteiger partial charge in [0.15, 0.2) is 0 Å². The second kappa shape index (κ2) is 9.40. The molecule has 2 atom stereocenters. The smallest absolute Gasteiger partial charge is 0.257 e. The average Bonchev–Trinajstić information content (AvgIpc) is 3.27. The molecule has 3 N–H and O–H groups in total. The lowest BCUT2D eigenvalue weighted by atomic mass is 10.1. The van der Waals surface area contributed by atoms with Crippen LogP contribution in [0.3, 0.4) is 0 Å². The first-order valence-electron chi connectivity index (χ1n) is 11.7. The molecule has 5 rings (SSSR count). The Hall–Kier alpha value is -2.74. The Morgan fingerprint density at radius 3 is 2.81 bits per heavy atom. The van der Waals surface area contributed by atoms with E-state index in [1.165, 1.54) is 5.56 Å². The predicted molar refractivity (Wildman–Crippen MR) is 126 cm³/mol. The van der Waals surface area contributed by atoms with Gasteiger partial charge in [0.1, 0.15) is 0 Å². The van der Waals surface area contributed by atoms with Crippen LogP contribution in [0.4, 0.5) is 5.95 Å². The van der Waals surface area contributed by atoms with Crippen LogP contribution in [0.15, 0.2) is 48.5 Å². The number of aromatic nitrogens is 2. The van der Waals surface area contributed by atoms with E-state index in [-0.39, 0.29) is 18.1 Å². The van der Waals surface area contributed by atoms with Crippen LogP contribution in [-0.4, -0.2) is 57.7 Å². The van der Waals surface area contributed by atoms with Gasteiger partial charge in [-0.2, -0.15) is 0 Å². The first kappa shape index (κ1) is 21.1. The van der Waals surface area contributed by atoms with Gasteiger partial charge in [0.05, 0.1) is 17.1 Å². The standard InChI is InChI=1S/C25H31N5O2/c31-21-12-14-29(17-21)16-19-9-6-11-22-23(19)30(20-10-4-5-13-26-15-20)25(27-22)28-24(32)18-7-2-1-3-8-18/h1-3,6-9,11,20-21,26,31H,4-5,10,12-17H2,(H,27,28,32). The number of rotatable bonds is 5. The summed E-state index contributed by atoms with van der Waals surface area (Å²) in [4.78, 5) is 20.1. The van der Waals surface area contributed by atoms with Crippen LogP contribution in [0.2, 0.25) is 0 Å². The molecule has 2 aliphatic rings. The molecule has 3 heterocycles. The summed E-state index contributed by atoms with van der Waals surface area (Å²) in [5.74, 6) is 0.462. The van der Waals surface area contributed by atoms with Crippen molar-refractivity contribution in [1.82, 2.24) is 19.8 Å². The molecule has 7 heteroatoms. The van der Waals surface area contributed by atoms with Crippen molar-refractivity contribution in [3.05, 3.63) is 59.7 Å². The van der Waals surface area contributed by atoms with Gasteiger partial charge < -0.3 is 15.0 Å². The number of likely N-dealkylation sites (tertiary alicyclic amines) is 1. The molecular weight excluding hydrogens is 402 g/mol. The van der Waals surface area contributed by atoms with Gasteiger partial charge in [-0.3, -0.25) is 15.0 Å². The lowest BCUT2D eigenvalue weighted by molar-refractivity contribution is 0.102. The summed E-state index contributed by atoms with van der Waals surface area (Å²) in [6, 6.07) is 15.7. The minimum absolute atomic E-state index is 0.145. The number of carbonyl (C=O) groups is 1. The van der Waals surface area contributed by atoms with Gasteiger partial charge in [-0.25, -0.2) is 4.98 Å². The van der Waals surface area contributed by atoms with E-state index >= 15 is 0 Å². The Balaban J connectivity index is 1.55. The van der Waals surface area contributed by atoms with Crippen LogP contribution < -0.4 is 10.6 Å². The molecule has 3 aromatic rings. The third-order valence-corrected chi connectivity index (χ3v) is 6.58. The molecule has 168 valence electrons. The highest BCUT2D eigenvalue weighted by Gasteiger charge is 2.26. The van der Waals surface area contributed by atoms with Gasteiger partial charge in [-0.1, -0.05) is 36.8 Å². The van der Waals surface area contributed by atoms with Crippen molar-refractivity contribution in [3.8, 4) is 0 Å². The molecule has 0 spiro atoms. The Bertz CT molecular complexity index is 1070. The number of amides is 1. The summed E-state index contributed by atoms with van der Waals surface area (Å²) in [7, 11) is 0. The Morgan fingerprint density at radius 2 is 2.00 bits per heavy atom. The lowest BCUT2D eigenvalue weighted by Gasteiger charge is -2.23. The number of hydrogen-bond donors (Lipinski definition) is 3. The Labute approximate surface area is 188 Å². The fourth-order valence-electron chi connectivity index (χ4n) is 4.97. The zero-order valence-electron chi connectivity index (χ0n) is 18.3. The van der Waals surface area contributed by atoms with E-state index in [9.17, 15) is 9.90 Å². The summed E-state index contributed by atoms with van der Waals surface area (Å²) >= 11 is 0. The normalized spacial score (nSPS) is 22.2. The maximum absolute atomic E-state index is 13.0. The number of carbonyl (C=O) groups excluding carboxylic acids is 1. The van der Waals surface area contributed by atoms with E-state index in [4.69, 9.17) is 4.98 Å². The molecule has 2 aliphatic heterocycles. The van der Waals surface area contributed by atoms with E-state index in [0.29, 0.717) is 18.1 Å². The quantitative estimate of drug-likeness (QED) is 0.576. The van der Waals surface area contributed by atoms with E-state index in [1.54, 1.807) is 0 Å². The maximum Gasteiger partial charge on any atom is 0.257 e. The van der Waals surface area contributed by atoms with Gasteiger partial charge in [0, 0.05) is 37.8 Å². The number of anilines is 1. The molecular formula is C25H31N5O2. The zero-order chi connectivity index (χ0) is 21.9. The molecule has 2 unspecified atom stereocenters. The number of aliphatic hydroxyl groups is 1. The number of benzene rings is 2. The summed E-state index contributed by atoms with van der Waals surface area (Å²) < 4.78 is 2.25. The van der Waals surface area contributed by atoms with Crippen molar-refractivity contribution in [2.24, 2.45) is 0 Å². The van der Waals surface area contributed by atoms with Gasteiger partial charge in [0.2, 0.25) is 5.95 Å². The highest BCUT2D eigenvalue weighted by molar-refractivity contribution is 6.04. The minimum Gasteiger partial charge on any atom is -0.392 e. The summed E-state index contributed by atoms with van der Waals surface area (Å²) in [5, 5.41) is 16.6. The third-order valence-electron chi connectivity index (χ3n) is 6.58. The van der Waals surface area contributed by atoms with Crippen molar-refractivity contribution >= 4 is 22.9 Å². The Morgan fingerprint density at radius 1 is 1.12 bits per heavy atom. The van der Waals surface area contributed by atoms with Crippen molar-refractivity contribution in [2.75, 3.05) is 31.5 Å². The van der Waals surface area contributed by atoms with E-state index < -0.39 is 0 Å². The summed E-state index contributed by atoms with van der Waals surface area (Å²) in [6.45, 7) is 4.25. The van der Waals surface area contributed by atoms with Crippen LogP contribution in [0.5, 0.6) is 0 Å². The van der Waals surface area contributed by atoms with E-state index in [0.717, 1.165) is 62.9 Å². The van der Waals surface area contributed by atoms with Crippen LogP contribution in [0.1, 0.15) is 47.6 Å². The first-order valence-corrected chi connectivity index (χ1v) is 11.7. The molecule has 32 heavy (non-hydrogen) atoms. The number of aliphatic hydroxyl groups excluding tert-OH is 1. The molecule has 0 bridgehead atoms. The van der Waals surface area contributed by atoms with Crippen molar-refractivity contribution in [1.29, 1.82) is 0 Å². The summed E-state index contributed by atoms with van der Waals surface area (Å²) in [5.41, 5.74) is 3.80. The van der Waals surface area contributed by atoms with Gasteiger partial charge >= 0.3 is 0 Å².